The van der Waals surface area contributed by atoms with E-state index in [1.54, 1.807) is 0 Å². The van der Waals surface area contributed by atoms with Crippen molar-refractivity contribution >= 4 is 10.0 Å². The van der Waals surface area contributed by atoms with E-state index in [1.165, 1.54) is 6.07 Å². The summed E-state index contributed by atoms with van der Waals surface area (Å²) in [6, 6.07) is 4.27. The molecule has 1 fully saturated rings. The van der Waals surface area contributed by atoms with Crippen molar-refractivity contribution in [2.45, 2.75) is 43.5 Å². The van der Waals surface area contributed by atoms with E-state index < -0.39 is 32.8 Å². The maximum atomic E-state index is 13.0. The summed E-state index contributed by atoms with van der Waals surface area (Å²) in [6.45, 7) is 4.86. The highest BCUT2D eigenvalue weighted by atomic mass is 32.2. The zero-order chi connectivity index (χ0) is 18.8. The number of aliphatic hydroxyl groups excluding tert-OH is 1. The Kier molecular flexibility index (Phi) is 6.13. The molecule has 5 nitrogen and oxygen atoms in total. The first-order valence-electron chi connectivity index (χ1n) is 8.08. The summed E-state index contributed by atoms with van der Waals surface area (Å²) in [5.41, 5.74) is -1.22. The van der Waals surface area contributed by atoms with E-state index in [4.69, 9.17) is 0 Å². The molecule has 142 valence electrons. The van der Waals surface area contributed by atoms with E-state index in [-0.39, 0.29) is 19.1 Å². The van der Waals surface area contributed by atoms with E-state index >= 15 is 0 Å². The standard InChI is InChI=1S/C16H23F3N2O3S/c1-11-7-12(2)21(9-11)10-13(22)8-20-25(23,24)15-6-4-3-5-14(15)16(17,18)19/h3-6,11-13,20,22H,7-10H2,1-2H3/t11?,12?,13-/m0/s1. The molecule has 1 heterocycles. The number of alkyl halides is 3. The van der Waals surface area contributed by atoms with Gasteiger partial charge in [-0.25, -0.2) is 13.1 Å². The molecule has 0 aliphatic carbocycles. The lowest BCUT2D eigenvalue weighted by Crippen LogP contribution is -2.41. The molecule has 0 saturated carbocycles. The predicted molar refractivity (Wildman–Crippen MR) is 87.5 cm³/mol. The summed E-state index contributed by atoms with van der Waals surface area (Å²) in [5, 5.41) is 10.1. The number of hydrogen-bond acceptors (Lipinski definition) is 4. The van der Waals surface area contributed by atoms with E-state index in [0.717, 1.165) is 31.2 Å². The monoisotopic (exact) mass is 380 g/mol. The highest BCUT2D eigenvalue weighted by Gasteiger charge is 2.37. The van der Waals surface area contributed by atoms with Crippen molar-refractivity contribution < 1.29 is 26.7 Å². The Morgan fingerprint density at radius 1 is 1.32 bits per heavy atom. The molecule has 9 heteroatoms. The number of benzene rings is 1. The molecule has 2 unspecified atom stereocenters. The van der Waals surface area contributed by atoms with Crippen molar-refractivity contribution in [3.05, 3.63) is 29.8 Å². The zero-order valence-corrected chi connectivity index (χ0v) is 14.9. The molecule has 1 aromatic rings. The van der Waals surface area contributed by atoms with Crippen LogP contribution in [0.15, 0.2) is 29.2 Å². The third kappa shape index (κ3) is 5.16. The van der Waals surface area contributed by atoms with Gasteiger partial charge in [0.1, 0.15) is 0 Å². The molecule has 0 bridgehead atoms. The largest absolute Gasteiger partial charge is 0.417 e. The summed E-state index contributed by atoms with van der Waals surface area (Å²) in [4.78, 5) is 1.21. The Hall–Kier alpha value is -1.16. The van der Waals surface area contributed by atoms with Crippen LogP contribution in [-0.4, -0.2) is 50.2 Å². The third-order valence-corrected chi connectivity index (χ3v) is 5.83. The lowest BCUT2D eigenvalue weighted by molar-refractivity contribution is -0.139. The number of halogens is 3. The van der Waals surface area contributed by atoms with Gasteiger partial charge in [0.2, 0.25) is 10.0 Å². The first-order chi connectivity index (χ1) is 11.5. The van der Waals surface area contributed by atoms with Gasteiger partial charge in [0.15, 0.2) is 0 Å². The third-order valence-electron chi connectivity index (χ3n) is 4.35. The normalized spacial score (nSPS) is 23.8. The summed E-state index contributed by atoms with van der Waals surface area (Å²) < 4.78 is 65.5. The molecule has 1 saturated heterocycles. The van der Waals surface area contributed by atoms with E-state index in [0.29, 0.717) is 5.92 Å². The zero-order valence-electron chi connectivity index (χ0n) is 14.1. The molecule has 1 aliphatic rings. The fraction of sp³-hybridized carbons (Fsp3) is 0.625. The Morgan fingerprint density at radius 2 is 1.96 bits per heavy atom. The highest BCUT2D eigenvalue weighted by Crippen LogP contribution is 2.33. The van der Waals surface area contributed by atoms with E-state index in [2.05, 4.69) is 11.6 Å². The second-order valence-electron chi connectivity index (χ2n) is 6.64. The second-order valence-corrected chi connectivity index (χ2v) is 8.38. The maximum Gasteiger partial charge on any atom is 0.417 e. The minimum Gasteiger partial charge on any atom is -0.390 e. The molecule has 0 radical (unpaired) electrons. The van der Waals surface area contributed by atoms with Gasteiger partial charge < -0.3 is 5.11 Å². The molecule has 3 atom stereocenters. The van der Waals surface area contributed by atoms with Crippen LogP contribution in [0.5, 0.6) is 0 Å². The van der Waals surface area contributed by atoms with Crippen LogP contribution in [0, 0.1) is 5.92 Å². The number of likely N-dealkylation sites (tertiary alicyclic amines) is 1. The van der Waals surface area contributed by atoms with Crippen LogP contribution in [0.25, 0.3) is 0 Å². The minimum atomic E-state index is -4.77. The topological polar surface area (TPSA) is 69.6 Å². The quantitative estimate of drug-likeness (QED) is 0.793. The number of nitrogens with one attached hydrogen (secondary N) is 1. The van der Waals surface area contributed by atoms with Gasteiger partial charge in [-0.05, 0) is 31.4 Å². The Balaban J connectivity index is 2.03. The van der Waals surface area contributed by atoms with Crippen molar-refractivity contribution in [1.29, 1.82) is 0 Å². The molecular formula is C16H23F3N2O3S. The molecule has 0 aromatic heterocycles. The van der Waals surface area contributed by atoms with E-state index in [1.807, 2.05) is 11.8 Å². The Labute approximate surface area is 145 Å². The number of rotatable bonds is 6. The van der Waals surface area contributed by atoms with Crippen LogP contribution in [0.3, 0.4) is 0 Å². The van der Waals surface area contributed by atoms with Gasteiger partial charge in [-0.15, -0.1) is 0 Å². The predicted octanol–water partition coefficient (Wildman–Crippen LogP) is 2.07. The first-order valence-corrected chi connectivity index (χ1v) is 9.57. The molecule has 0 amide bonds. The van der Waals surface area contributed by atoms with Gasteiger partial charge in [-0.3, -0.25) is 4.90 Å². The van der Waals surface area contributed by atoms with Crippen molar-refractivity contribution in [3.8, 4) is 0 Å². The molecule has 2 rings (SSSR count). The molecule has 0 spiro atoms. The molecule has 25 heavy (non-hydrogen) atoms. The molecule has 2 N–H and O–H groups in total. The van der Waals surface area contributed by atoms with Crippen LogP contribution in [0.4, 0.5) is 13.2 Å². The fourth-order valence-electron chi connectivity index (χ4n) is 3.19. The lowest BCUT2D eigenvalue weighted by Gasteiger charge is -2.24. The number of β-amino-alcohol motifs (C(OH)–C–C–N with tert-alkyl or cyclic N) is 1. The summed E-state index contributed by atoms with van der Waals surface area (Å²) >= 11 is 0. The maximum absolute atomic E-state index is 13.0. The SMILES string of the molecule is CC1CC(C)N(C[C@@H](O)CNS(=O)(=O)c2ccccc2C(F)(F)F)C1. The van der Waals surface area contributed by atoms with Gasteiger partial charge in [0, 0.05) is 25.7 Å². The van der Waals surface area contributed by atoms with Crippen molar-refractivity contribution in [2.24, 2.45) is 5.92 Å². The molecule has 1 aliphatic heterocycles. The van der Waals surface area contributed by atoms with Gasteiger partial charge in [0.05, 0.1) is 16.6 Å². The van der Waals surface area contributed by atoms with Gasteiger partial charge in [-0.2, -0.15) is 13.2 Å². The van der Waals surface area contributed by atoms with Crippen LogP contribution in [0.1, 0.15) is 25.8 Å². The summed E-state index contributed by atoms with van der Waals surface area (Å²) in [5.74, 6) is 0.498. The first kappa shape index (κ1) is 20.2. The minimum absolute atomic E-state index is 0.273. The average Bonchev–Trinajstić information content (AvgIpc) is 2.82. The van der Waals surface area contributed by atoms with Gasteiger partial charge in [0.25, 0.3) is 0 Å². The summed E-state index contributed by atoms with van der Waals surface area (Å²) in [7, 11) is -4.38. The van der Waals surface area contributed by atoms with Crippen LogP contribution in [0.2, 0.25) is 0 Å². The number of nitrogens with zero attached hydrogens (tertiary/aromatic N) is 1. The number of aliphatic hydroxyl groups is 1. The van der Waals surface area contributed by atoms with Crippen LogP contribution < -0.4 is 4.72 Å². The fourth-order valence-corrected chi connectivity index (χ4v) is 4.49. The van der Waals surface area contributed by atoms with Crippen molar-refractivity contribution in [3.63, 3.8) is 0 Å². The van der Waals surface area contributed by atoms with Crippen LogP contribution in [-0.2, 0) is 16.2 Å². The number of sulfonamides is 1. The van der Waals surface area contributed by atoms with Crippen molar-refractivity contribution in [2.75, 3.05) is 19.6 Å². The lowest BCUT2D eigenvalue weighted by atomic mass is 10.1. The van der Waals surface area contributed by atoms with Crippen molar-refractivity contribution in [1.82, 2.24) is 9.62 Å². The average molecular weight is 380 g/mol. The number of hydrogen-bond donors (Lipinski definition) is 2. The van der Waals surface area contributed by atoms with Gasteiger partial charge in [-0.1, -0.05) is 19.1 Å². The molecular weight excluding hydrogens is 357 g/mol. The Morgan fingerprint density at radius 3 is 2.52 bits per heavy atom. The molecule has 1 aromatic carbocycles. The summed E-state index contributed by atoms with van der Waals surface area (Å²) in [6.07, 6.45) is -4.77. The smallest absolute Gasteiger partial charge is 0.390 e. The van der Waals surface area contributed by atoms with Gasteiger partial charge >= 0.3 is 6.18 Å². The van der Waals surface area contributed by atoms with E-state index in [9.17, 15) is 26.7 Å². The second kappa shape index (κ2) is 7.61. The Bertz CT molecular complexity index is 694. The highest BCUT2D eigenvalue weighted by molar-refractivity contribution is 7.89. The van der Waals surface area contributed by atoms with Crippen LogP contribution >= 0.6 is 0 Å².